The second kappa shape index (κ2) is 10.7. The molecule has 0 saturated carbocycles. The van der Waals surface area contributed by atoms with Crippen molar-refractivity contribution in [2.45, 2.75) is 47.2 Å². The third kappa shape index (κ3) is 5.89. The Morgan fingerprint density at radius 2 is 1.77 bits per heavy atom. The van der Waals surface area contributed by atoms with Crippen LogP contribution >= 0.6 is 23.2 Å². The summed E-state index contributed by atoms with van der Waals surface area (Å²) in [5.74, 6) is 0.0714. The van der Waals surface area contributed by atoms with Crippen molar-refractivity contribution >= 4 is 35.0 Å². The van der Waals surface area contributed by atoms with Gasteiger partial charge < -0.3 is 15.0 Å². The lowest BCUT2D eigenvalue weighted by atomic mass is 10.1. The number of likely N-dealkylation sites (N-methyl/N-ethyl adjacent to an activating group) is 1. The molecule has 2 amide bonds. The smallest absolute Gasteiger partial charge is 0.261 e. The molecule has 2 aromatic rings. The van der Waals surface area contributed by atoms with E-state index in [1.54, 1.807) is 25.1 Å². The van der Waals surface area contributed by atoms with Crippen molar-refractivity contribution in [3.05, 3.63) is 62.6 Å². The Morgan fingerprint density at radius 3 is 2.37 bits per heavy atom. The molecule has 0 aliphatic rings. The quantitative estimate of drug-likeness (QED) is 0.624. The number of aryl methyl sites for hydroxylation is 2. The third-order valence-corrected chi connectivity index (χ3v) is 5.73. The molecule has 0 fully saturated rings. The van der Waals surface area contributed by atoms with Crippen molar-refractivity contribution < 1.29 is 14.3 Å². The fourth-order valence-electron chi connectivity index (χ4n) is 3.13. The Balaban J connectivity index is 2.27. The van der Waals surface area contributed by atoms with Crippen LogP contribution in [-0.2, 0) is 16.1 Å². The van der Waals surface area contributed by atoms with E-state index in [2.05, 4.69) is 11.4 Å². The van der Waals surface area contributed by atoms with E-state index >= 15 is 0 Å². The van der Waals surface area contributed by atoms with Gasteiger partial charge >= 0.3 is 0 Å². The van der Waals surface area contributed by atoms with Crippen LogP contribution in [0.15, 0.2) is 30.3 Å². The molecule has 0 saturated heterocycles. The van der Waals surface area contributed by atoms with E-state index in [1.165, 1.54) is 4.90 Å². The Labute approximate surface area is 188 Å². The van der Waals surface area contributed by atoms with Crippen molar-refractivity contribution in [1.82, 2.24) is 10.2 Å². The predicted octanol–water partition coefficient (Wildman–Crippen LogP) is 4.85. The Bertz CT molecular complexity index is 911. The molecular weight excluding hydrogens is 423 g/mol. The third-order valence-electron chi connectivity index (χ3n) is 5.02. The van der Waals surface area contributed by atoms with E-state index in [0.717, 1.165) is 16.7 Å². The highest BCUT2D eigenvalue weighted by Gasteiger charge is 2.27. The fraction of sp³-hybridized carbons (Fsp3) is 0.391. The monoisotopic (exact) mass is 450 g/mol. The molecule has 2 aromatic carbocycles. The average molecular weight is 451 g/mol. The number of benzene rings is 2. The van der Waals surface area contributed by atoms with Gasteiger partial charge in [-0.1, -0.05) is 35.3 Å². The summed E-state index contributed by atoms with van der Waals surface area (Å²) >= 11 is 12.6. The Kier molecular flexibility index (Phi) is 8.56. The van der Waals surface area contributed by atoms with Crippen molar-refractivity contribution in [2.75, 3.05) is 13.2 Å². The molecule has 2 rings (SSSR count). The van der Waals surface area contributed by atoms with Gasteiger partial charge in [0.05, 0.1) is 0 Å². The molecule has 1 N–H and O–H groups in total. The number of carbonyl (C=O) groups excluding carboxylic acids is 2. The minimum absolute atomic E-state index is 0.102. The number of carbonyl (C=O) groups is 2. The van der Waals surface area contributed by atoms with Gasteiger partial charge in [-0.25, -0.2) is 0 Å². The van der Waals surface area contributed by atoms with Crippen LogP contribution in [0.1, 0.15) is 36.1 Å². The summed E-state index contributed by atoms with van der Waals surface area (Å²) in [6.07, 6.45) is 0. The fourth-order valence-corrected chi connectivity index (χ4v) is 3.65. The average Bonchev–Trinajstić information content (AvgIpc) is 2.69. The molecular formula is C23H28Cl2N2O3. The number of hydrogen-bond donors (Lipinski definition) is 1. The summed E-state index contributed by atoms with van der Waals surface area (Å²) in [6, 6.07) is 8.40. The van der Waals surface area contributed by atoms with Crippen LogP contribution in [-0.4, -0.2) is 35.9 Å². The first-order valence-electron chi connectivity index (χ1n) is 9.86. The summed E-state index contributed by atoms with van der Waals surface area (Å²) in [4.78, 5) is 27.0. The number of ether oxygens (including phenoxy) is 1. The molecule has 0 aliphatic carbocycles. The van der Waals surface area contributed by atoms with Crippen molar-refractivity contribution in [1.29, 1.82) is 0 Å². The van der Waals surface area contributed by atoms with Crippen LogP contribution in [0, 0.1) is 20.8 Å². The SMILES string of the molecule is CCNC(=O)[C@H](C)N(Cc1c(Cl)cccc1Cl)C(=O)COc1cc(C)cc(C)c1C. The van der Waals surface area contributed by atoms with E-state index < -0.39 is 6.04 Å². The maximum absolute atomic E-state index is 13.1. The largest absolute Gasteiger partial charge is 0.483 e. The van der Waals surface area contributed by atoms with E-state index in [4.69, 9.17) is 27.9 Å². The predicted molar refractivity (Wildman–Crippen MR) is 121 cm³/mol. The minimum Gasteiger partial charge on any atom is -0.483 e. The van der Waals surface area contributed by atoms with Gasteiger partial charge in [0.2, 0.25) is 5.91 Å². The number of rotatable bonds is 8. The lowest BCUT2D eigenvalue weighted by Crippen LogP contribution is -2.49. The second-order valence-electron chi connectivity index (χ2n) is 7.29. The van der Waals surface area contributed by atoms with Crippen LogP contribution in [0.4, 0.5) is 0 Å². The molecule has 0 aromatic heterocycles. The summed E-state index contributed by atoms with van der Waals surface area (Å²) in [7, 11) is 0. The van der Waals surface area contributed by atoms with Crippen LogP contribution in [0.5, 0.6) is 5.75 Å². The van der Waals surface area contributed by atoms with Crippen molar-refractivity contribution in [2.24, 2.45) is 0 Å². The molecule has 0 aliphatic heterocycles. The first-order chi connectivity index (χ1) is 14.1. The molecule has 30 heavy (non-hydrogen) atoms. The highest BCUT2D eigenvalue weighted by Crippen LogP contribution is 2.27. The van der Waals surface area contributed by atoms with Crippen LogP contribution in [0.3, 0.4) is 0 Å². The zero-order valence-corrected chi connectivity index (χ0v) is 19.5. The lowest BCUT2D eigenvalue weighted by molar-refractivity contribution is -0.142. The Hall–Kier alpha value is -2.24. The van der Waals surface area contributed by atoms with Gasteiger partial charge in [0.1, 0.15) is 11.8 Å². The lowest BCUT2D eigenvalue weighted by Gasteiger charge is -2.29. The number of amides is 2. The van der Waals surface area contributed by atoms with Crippen LogP contribution in [0.25, 0.3) is 0 Å². The van der Waals surface area contributed by atoms with Gasteiger partial charge in [0.25, 0.3) is 5.91 Å². The molecule has 1 atom stereocenters. The molecule has 0 heterocycles. The zero-order chi connectivity index (χ0) is 22.4. The molecule has 5 nitrogen and oxygen atoms in total. The molecule has 0 unspecified atom stereocenters. The highest BCUT2D eigenvalue weighted by atomic mass is 35.5. The number of nitrogens with one attached hydrogen (secondary N) is 1. The highest BCUT2D eigenvalue weighted by molar-refractivity contribution is 6.36. The van der Waals surface area contributed by atoms with Crippen LogP contribution < -0.4 is 10.1 Å². The Morgan fingerprint density at radius 1 is 1.13 bits per heavy atom. The minimum atomic E-state index is -0.714. The normalized spacial score (nSPS) is 11.7. The molecule has 7 heteroatoms. The van der Waals surface area contributed by atoms with Gasteiger partial charge in [0.15, 0.2) is 6.61 Å². The maximum atomic E-state index is 13.1. The van der Waals surface area contributed by atoms with E-state index in [9.17, 15) is 9.59 Å². The van der Waals surface area contributed by atoms with Gasteiger partial charge in [-0.3, -0.25) is 9.59 Å². The van der Waals surface area contributed by atoms with Gasteiger partial charge in [0, 0.05) is 28.7 Å². The molecule has 0 bridgehead atoms. The topological polar surface area (TPSA) is 58.6 Å². The molecule has 0 spiro atoms. The maximum Gasteiger partial charge on any atom is 0.261 e. The standard InChI is InChI=1S/C23H28Cl2N2O3/c1-6-26-23(29)17(5)27(12-18-19(24)8-7-9-20(18)25)22(28)13-30-21-11-14(2)10-15(3)16(21)4/h7-11,17H,6,12-13H2,1-5H3,(H,26,29)/t17-/m0/s1. The van der Waals surface area contributed by atoms with Crippen molar-refractivity contribution in [3.63, 3.8) is 0 Å². The van der Waals surface area contributed by atoms with E-state index in [-0.39, 0.29) is 25.0 Å². The van der Waals surface area contributed by atoms with E-state index in [0.29, 0.717) is 27.9 Å². The molecule has 162 valence electrons. The summed E-state index contributed by atoms with van der Waals surface area (Å²) in [6.45, 7) is 9.80. The van der Waals surface area contributed by atoms with Gasteiger partial charge in [-0.05, 0) is 69.5 Å². The van der Waals surface area contributed by atoms with Crippen LogP contribution in [0.2, 0.25) is 10.0 Å². The van der Waals surface area contributed by atoms with E-state index in [1.807, 2.05) is 33.8 Å². The number of halogens is 2. The zero-order valence-electron chi connectivity index (χ0n) is 18.0. The summed E-state index contributed by atoms with van der Waals surface area (Å²) in [5, 5.41) is 3.63. The van der Waals surface area contributed by atoms with Gasteiger partial charge in [-0.2, -0.15) is 0 Å². The first-order valence-corrected chi connectivity index (χ1v) is 10.6. The van der Waals surface area contributed by atoms with Gasteiger partial charge in [-0.15, -0.1) is 0 Å². The molecule has 0 radical (unpaired) electrons. The number of nitrogens with zero attached hydrogens (tertiary/aromatic N) is 1. The first kappa shape index (κ1) is 24.0. The summed E-state index contributed by atoms with van der Waals surface area (Å²) in [5.41, 5.74) is 3.71. The van der Waals surface area contributed by atoms with Crippen molar-refractivity contribution in [3.8, 4) is 5.75 Å². The summed E-state index contributed by atoms with van der Waals surface area (Å²) < 4.78 is 5.84. The second-order valence-corrected chi connectivity index (χ2v) is 8.10. The number of hydrogen-bond acceptors (Lipinski definition) is 3.